The van der Waals surface area contributed by atoms with Gasteiger partial charge in [-0.2, -0.15) is 0 Å². The maximum atomic E-state index is 11.1. The Hall–Kier alpha value is -1.51. The summed E-state index contributed by atoms with van der Waals surface area (Å²) in [6.07, 6.45) is -6.41. The smallest absolute Gasteiger partial charge is 0.306 e. The summed E-state index contributed by atoms with van der Waals surface area (Å²) in [6.45, 7) is 1.70. The molecule has 3 N–H and O–H groups in total. The minimum absolute atomic E-state index is 0.0181. The van der Waals surface area contributed by atoms with Gasteiger partial charge < -0.3 is 24.8 Å². The number of rotatable bonds is 8. The molecule has 0 aromatic heterocycles. The predicted molar refractivity (Wildman–Crippen MR) is 60.9 cm³/mol. The van der Waals surface area contributed by atoms with Crippen molar-refractivity contribution in [1.29, 1.82) is 0 Å². The molecular weight excluding hydrogens is 260 g/mol. The summed E-state index contributed by atoms with van der Waals surface area (Å²) < 4.78 is 9.36. The molecule has 0 radical (unpaired) electrons. The Morgan fingerprint density at radius 1 is 1.26 bits per heavy atom. The molecule has 8 nitrogen and oxygen atoms in total. The van der Waals surface area contributed by atoms with Gasteiger partial charge in [-0.1, -0.05) is 6.92 Å². The van der Waals surface area contributed by atoms with Gasteiger partial charge >= 0.3 is 11.9 Å². The molecule has 0 rings (SSSR count). The normalized spacial score (nSPS) is 16.9. The van der Waals surface area contributed by atoms with Crippen molar-refractivity contribution < 1.29 is 39.2 Å². The summed E-state index contributed by atoms with van der Waals surface area (Å²) in [7, 11) is 0. The molecule has 0 aromatic carbocycles. The van der Waals surface area contributed by atoms with Crippen molar-refractivity contribution in [2.45, 2.75) is 44.7 Å². The minimum atomic E-state index is -1.77. The van der Waals surface area contributed by atoms with E-state index in [1.165, 1.54) is 6.92 Å². The molecular formula is C11H18O8. The van der Waals surface area contributed by atoms with Crippen molar-refractivity contribution >= 4 is 18.2 Å². The van der Waals surface area contributed by atoms with Crippen LogP contribution in [0, 0.1) is 0 Å². The second-order valence-corrected chi connectivity index (χ2v) is 3.76. The summed E-state index contributed by atoms with van der Waals surface area (Å²) in [5.41, 5.74) is 0. The summed E-state index contributed by atoms with van der Waals surface area (Å²) >= 11 is 0. The van der Waals surface area contributed by atoms with Crippen LogP contribution in [0.4, 0.5) is 0 Å². The lowest BCUT2D eigenvalue weighted by Crippen LogP contribution is -2.50. The molecule has 0 aliphatic heterocycles. The third-order valence-corrected chi connectivity index (χ3v) is 2.23. The third-order valence-electron chi connectivity index (χ3n) is 2.23. The molecule has 0 aliphatic rings. The van der Waals surface area contributed by atoms with Crippen LogP contribution in [0.15, 0.2) is 0 Å². The number of aldehydes is 1. The van der Waals surface area contributed by atoms with Crippen molar-refractivity contribution in [3.63, 3.8) is 0 Å². The first-order valence-corrected chi connectivity index (χ1v) is 5.66. The molecule has 0 amide bonds. The summed E-state index contributed by atoms with van der Waals surface area (Å²) in [4.78, 5) is 32.9. The monoisotopic (exact) mass is 278 g/mol. The SMILES string of the molecule is CCC(=O)O[C@@H](C=O)[C@@H](OC(C)=O)[C@H](O)[C@H](O)CO. The first-order valence-electron chi connectivity index (χ1n) is 5.66. The van der Waals surface area contributed by atoms with Gasteiger partial charge in [-0.25, -0.2) is 0 Å². The van der Waals surface area contributed by atoms with Gasteiger partial charge in [0.1, 0.15) is 12.2 Å². The van der Waals surface area contributed by atoms with Crippen molar-refractivity contribution in [2.75, 3.05) is 6.61 Å². The average molecular weight is 278 g/mol. The Balaban J connectivity index is 5.01. The molecule has 4 atom stereocenters. The van der Waals surface area contributed by atoms with Gasteiger partial charge in [-0.05, 0) is 0 Å². The Morgan fingerprint density at radius 2 is 1.84 bits per heavy atom. The van der Waals surface area contributed by atoms with Crippen LogP contribution < -0.4 is 0 Å². The number of hydrogen-bond donors (Lipinski definition) is 3. The lowest BCUT2D eigenvalue weighted by atomic mass is 10.0. The molecule has 0 bridgehead atoms. The molecule has 0 saturated heterocycles. The zero-order valence-electron chi connectivity index (χ0n) is 10.7. The van der Waals surface area contributed by atoms with Gasteiger partial charge in [0.05, 0.1) is 6.61 Å². The van der Waals surface area contributed by atoms with Crippen molar-refractivity contribution in [3.05, 3.63) is 0 Å². The number of hydrogen-bond acceptors (Lipinski definition) is 8. The topological polar surface area (TPSA) is 130 Å². The fourth-order valence-electron chi connectivity index (χ4n) is 1.26. The van der Waals surface area contributed by atoms with E-state index in [1.54, 1.807) is 0 Å². The van der Waals surface area contributed by atoms with Gasteiger partial charge in [0.15, 0.2) is 18.5 Å². The van der Waals surface area contributed by atoms with E-state index in [4.69, 9.17) is 9.84 Å². The van der Waals surface area contributed by atoms with Crippen LogP contribution >= 0.6 is 0 Å². The number of esters is 2. The highest BCUT2D eigenvalue weighted by Crippen LogP contribution is 2.12. The minimum Gasteiger partial charge on any atom is -0.455 e. The number of ether oxygens (including phenoxy) is 2. The van der Waals surface area contributed by atoms with E-state index >= 15 is 0 Å². The Kier molecular flexibility index (Phi) is 7.89. The van der Waals surface area contributed by atoms with E-state index in [2.05, 4.69) is 4.74 Å². The van der Waals surface area contributed by atoms with Crippen LogP contribution in [0.2, 0.25) is 0 Å². The van der Waals surface area contributed by atoms with Gasteiger partial charge in [0, 0.05) is 13.3 Å². The summed E-state index contributed by atoms with van der Waals surface area (Å²) in [5, 5.41) is 27.7. The zero-order chi connectivity index (χ0) is 15.0. The van der Waals surface area contributed by atoms with E-state index in [-0.39, 0.29) is 12.7 Å². The van der Waals surface area contributed by atoms with E-state index in [0.29, 0.717) is 0 Å². The maximum Gasteiger partial charge on any atom is 0.306 e. The van der Waals surface area contributed by atoms with Gasteiger partial charge in [0.2, 0.25) is 0 Å². The Bertz CT molecular complexity index is 316. The standard InChI is InChI=1S/C11H18O8/c1-3-9(16)19-8(5-13)11(18-6(2)14)10(17)7(15)4-12/h5,7-8,10-12,15,17H,3-4H2,1-2H3/t7-,8+,10-,11-/m1/s1. The Morgan fingerprint density at radius 3 is 2.21 bits per heavy atom. The van der Waals surface area contributed by atoms with Crippen LogP contribution in [0.5, 0.6) is 0 Å². The molecule has 0 aliphatic carbocycles. The van der Waals surface area contributed by atoms with E-state index < -0.39 is 43.0 Å². The highest BCUT2D eigenvalue weighted by atomic mass is 16.6. The lowest BCUT2D eigenvalue weighted by molar-refractivity contribution is -0.183. The molecule has 0 saturated carbocycles. The third kappa shape index (κ3) is 5.77. The number of carbonyl (C=O) groups is 3. The summed E-state index contributed by atoms with van der Waals surface area (Å²) in [5.74, 6) is -1.58. The van der Waals surface area contributed by atoms with Crippen LogP contribution in [0.3, 0.4) is 0 Å². The first-order chi connectivity index (χ1) is 8.87. The van der Waals surface area contributed by atoms with Crippen molar-refractivity contribution in [2.24, 2.45) is 0 Å². The molecule has 0 aromatic rings. The first kappa shape index (κ1) is 17.5. The van der Waals surface area contributed by atoms with Crippen molar-refractivity contribution in [1.82, 2.24) is 0 Å². The molecule has 8 heteroatoms. The van der Waals surface area contributed by atoms with E-state index in [9.17, 15) is 24.6 Å². The quantitative estimate of drug-likeness (QED) is 0.348. The fourth-order valence-corrected chi connectivity index (χ4v) is 1.26. The van der Waals surface area contributed by atoms with Crippen molar-refractivity contribution in [3.8, 4) is 0 Å². The number of aliphatic hydroxyl groups excluding tert-OH is 3. The van der Waals surface area contributed by atoms with Crippen LogP contribution in [0.25, 0.3) is 0 Å². The number of aliphatic hydroxyl groups is 3. The lowest BCUT2D eigenvalue weighted by Gasteiger charge is -2.28. The Labute approximate surface area is 109 Å². The second kappa shape index (κ2) is 8.57. The highest BCUT2D eigenvalue weighted by Gasteiger charge is 2.37. The van der Waals surface area contributed by atoms with Crippen LogP contribution in [0.1, 0.15) is 20.3 Å². The predicted octanol–water partition coefficient (Wildman–Crippen LogP) is -1.85. The molecule has 110 valence electrons. The molecule has 0 heterocycles. The van der Waals surface area contributed by atoms with Crippen LogP contribution in [-0.4, -0.2) is 64.6 Å². The average Bonchev–Trinajstić information content (AvgIpc) is 2.40. The maximum absolute atomic E-state index is 11.1. The largest absolute Gasteiger partial charge is 0.455 e. The zero-order valence-corrected chi connectivity index (χ0v) is 10.7. The molecule has 0 spiro atoms. The summed E-state index contributed by atoms with van der Waals surface area (Å²) in [6, 6.07) is 0. The second-order valence-electron chi connectivity index (χ2n) is 3.76. The van der Waals surface area contributed by atoms with Crippen LogP contribution in [-0.2, 0) is 23.9 Å². The van der Waals surface area contributed by atoms with Gasteiger partial charge in [-0.3, -0.25) is 14.4 Å². The van der Waals surface area contributed by atoms with Gasteiger partial charge in [0.25, 0.3) is 0 Å². The van der Waals surface area contributed by atoms with Gasteiger partial charge in [-0.15, -0.1) is 0 Å². The molecule has 0 unspecified atom stereocenters. The molecule has 0 fully saturated rings. The highest BCUT2D eigenvalue weighted by molar-refractivity contribution is 5.73. The van der Waals surface area contributed by atoms with E-state index in [0.717, 1.165) is 6.92 Å². The fraction of sp³-hybridized carbons (Fsp3) is 0.727. The van der Waals surface area contributed by atoms with E-state index in [1.807, 2.05) is 0 Å². The molecule has 19 heavy (non-hydrogen) atoms. The number of carbonyl (C=O) groups excluding carboxylic acids is 3.